The summed E-state index contributed by atoms with van der Waals surface area (Å²) in [5, 5.41) is 20.2. The standard InChI is InChI=1S/C13H17ClO3/c1-3-13(17,4-2)11(12(15)16)9-6-5-7-10(14)8-9/h5-8,11,17H,3-4H2,1-2H3,(H,15,16). The number of benzene rings is 1. The average Bonchev–Trinajstić information content (AvgIpc) is 2.28. The van der Waals surface area contributed by atoms with Crippen molar-refractivity contribution in [1.29, 1.82) is 0 Å². The number of carboxylic acid groups (broad SMARTS) is 1. The molecule has 0 radical (unpaired) electrons. The van der Waals surface area contributed by atoms with Gasteiger partial charge in [-0.1, -0.05) is 37.6 Å². The van der Waals surface area contributed by atoms with Crippen LogP contribution < -0.4 is 0 Å². The van der Waals surface area contributed by atoms with E-state index in [4.69, 9.17) is 11.6 Å². The van der Waals surface area contributed by atoms with Crippen molar-refractivity contribution >= 4 is 17.6 Å². The summed E-state index contributed by atoms with van der Waals surface area (Å²) in [6.45, 7) is 3.56. The topological polar surface area (TPSA) is 57.5 Å². The summed E-state index contributed by atoms with van der Waals surface area (Å²) in [5.74, 6) is -1.98. The predicted octanol–water partition coefficient (Wildman–Crippen LogP) is 3.06. The van der Waals surface area contributed by atoms with Gasteiger partial charge in [0, 0.05) is 5.02 Å². The van der Waals surface area contributed by atoms with Crippen LogP contribution in [0.25, 0.3) is 0 Å². The van der Waals surface area contributed by atoms with Crippen molar-refractivity contribution in [2.75, 3.05) is 0 Å². The summed E-state index contributed by atoms with van der Waals surface area (Å²) in [4.78, 5) is 11.4. The first-order valence-corrected chi connectivity index (χ1v) is 6.03. The smallest absolute Gasteiger partial charge is 0.313 e. The minimum Gasteiger partial charge on any atom is -0.481 e. The Hall–Kier alpha value is -1.06. The van der Waals surface area contributed by atoms with Crippen molar-refractivity contribution in [1.82, 2.24) is 0 Å². The zero-order chi connectivity index (χ0) is 13.1. The van der Waals surface area contributed by atoms with Gasteiger partial charge >= 0.3 is 5.97 Å². The molecule has 0 aliphatic carbocycles. The Labute approximate surface area is 106 Å². The van der Waals surface area contributed by atoms with Gasteiger partial charge in [0.2, 0.25) is 0 Å². The number of aliphatic hydroxyl groups is 1. The van der Waals surface area contributed by atoms with Crippen molar-refractivity contribution in [3.05, 3.63) is 34.9 Å². The first kappa shape index (κ1) is 14.0. The lowest BCUT2D eigenvalue weighted by Crippen LogP contribution is -2.39. The van der Waals surface area contributed by atoms with Crippen molar-refractivity contribution in [2.24, 2.45) is 0 Å². The maximum absolute atomic E-state index is 11.4. The molecule has 0 saturated heterocycles. The molecule has 0 heterocycles. The molecule has 2 N–H and O–H groups in total. The van der Waals surface area contributed by atoms with E-state index < -0.39 is 17.5 Å². The molecule has 4 heteroatoms. The summed E-state index contributed by atoms with van der Waals surface area (Å²) in [5.41, 5.74) is -0.701. The molecule has 0 aliphatic rings. The zero-order valence-corrected chi connectivity index (χ0v) is 10.7. The highest BCUT2D eigenvalue weighted by Crippen LogP contribution is 2.35. The Morgan fingerprint density at radius 2 is 2.00 bits per heavy atom. The quantitative estimate of drug-likeness (QED) is 0.851. The number of carboxylic acids is 1. The molecule has 0 aliphatic heterocycles. The second-order valence-electron chi connectivity index (χ2n) is 4.14. The Bertz CT molecular complexity index is 399. The largest absolute Gasteiger partial charge is 0.481 e. The number of hydrogen-bond acceptors (Lipinski definition) is 2. The lowest BCUT2D eigenvalue weighted by molar-refractivity contribution is -0.146. The van der Waals surface area contributed by atoms with Crippen LogP contribution in [0.5, 0.6) is 0 Å². The van der Waals surface area contributed by atoms with Crippen LogP contribution in [0.3, 0.4) is 0 Å². The van der Waals surface area contributed by atoms with Crippen LogP contribution >= 0.6 is 11.6 Å². The van der Waals surface area contributed by atoms with E-state index in [0.717, 1.165) is 0 Å². The summed E-state index contributed by atoms with van der Waals surface area (Å²) in [7, 11) is 0. The maximum atomic E-state index is 11.4. The number of rotatable bonds is 5. The van der Waals surface area contributed by atoms with Crippen LogP contribution in [0, 0.1) is 0 Å². The summed E-state index contributed by atoms with van der Waals surface area (Å²) < 4.78 is 0. The molecule has 0 bridgehead atoms. The molecule has 3 nitrogen and oxygen atoms in total. The molecule has 17 heavy (non-hydrogen) atoms. The molecular weight excluding hydrogens is 240 g/mol. The molecule has 0 amide bonds. The fourth-order valence-electron chi connectivity index (χ4n) is 2.03. The van der Waals surface area contributed by atoms with E-state index >= 15 is 0 Å². The molecule has 0 spiro atoms. The van der Waals surface area contributed by atoms with Gasteiger partial charge in [0.05, 0.1) is 5.60 Å². The van der Waals surface area contributed by atoms with Crippen molar-refractivity contribution < 1.29 is 15.0 Å². The predicted molar refractivity (Wildman–Crippen MR) is 67.4 cm³/mol. The summed E-state index contributed by atoms with van der Waals surface area (Å²) in [6.07, 6.45) is 0.764. The highest BCUT2D eigenvalue weighted by Gasteiger charge is 2.39. The van der Waals surface area contributed by atoms with Crippen LogP contribution in [0.4, 0.5) is 0 Å². The molecule has 1 rings (SSSR count). The van der Waals surface area contributed by atoms with Crippen LogP contribution in [0.2, 0.25) is 5.02 Å². The van der Waals surface area contributed by atoms with Gasteiger partial charge < -0.3 is 10.2 Å². The molecule has 1 unspecified atom stereocenters. The summed E-state index contributed by atoms with van der Waals surface area (Å²) in [6, 6.07) is 6.65. The SMILES string of the molecule is CCC(O)(CC)C(C(=O)O)c1cccc(Cl)c1. The molecule has 1 atom stereocenters. The third kappa shape index (κ3) is 2.99. The van der Waals surface area contributed by atoms with Gasteiger partial charge in [0.25, 0.3) is 0 Å². The van der Waals surface area contributed by atoms with Gasteiger partial charge in [-0.05, 0) is 30.5 Å². The Morgan fingerprint density at radius 3 is 2.41 bits per heavy atom. The number of hydrogen-bond donors (Lipinski definition) is 2. The molecule has 0 aromatic heterocycles. The van der Waals surface area contributed by atoms with Crippen molar-refractivity contribution in [2.45, 2.75) is 38.2 Å². The first-order chi connectivity index (χ1) is 7.94. The first-order valence-electron chi connectivity index (χ1n) is 5.65. The molecule has 94 valence electrons. The molecular formula is C13H17ClO3. The monoisotopic (exact) mass is 256 g/mol. The van der Waals surface area contributed by atoms with Crippen molar-refractivity contribution in [3.8, 4) is 0 Å². The highest BCUT2D eigenvalue weighted by atomic mass is 35.5. The molecule has 0 saturated carbocycles. The van der Waals surface area contributed by atoms with Crippen LogP contribution in [0.1, 0.15) is 38.2 Å². The van der Waals surface area contributed by atoms with Gasteiger partial charge in [0.15, 0.2) is 0 Å². The highest BCUT2D eigenvalue weighted by molar-refractivity contribution is 6.30. The van der Waals surface area contributed by atoms with Gasteiger partial charge in [-0.15, -0.1) is 0 Å². The van der Waals surface area contributed by atoms with E-state index in [1.807, 2.05) is 0 Å². The second kappa shape index (κ2) is 5.52. The second-order valence-corrected chi connectivity index (χ2v) is 4.57. The van der Waals surface area contributed by atoms with Gasteiger partial charge in [-0.3, -0.25) is 4.79 Å². The number of aliphatic carboxylic acids is 1. The fraction of sp³-hybridized carbons (Fsp3) is 0.462. The zero-order valence-electron chi connectivity index (χ0n) is 9.98. The van der Waals surface area contributed by atoms with E-state index in [2.05, 4.69) is 0 Å². The number of halogens is 1. The Kier molecular flexibility index (Phi) is 4.54. The third-order valence-electron chi connectivity index (χ3n) is 3.19. The van der Waals surface area contributed by atoms with Crippen LogP contribution in [0.15, 0.2) is 24.3 Å². The lowest BCUT2D eigenvalue weighted by Gasteiger charge is -2.32. The van der Waals surface area contributed by atoms with Gasteiger partial charge in [-0.2, -0.15) is 0 Å². The molecule has 1 aromatic carbocycles. The van der Waals surface area contributed by atoms with E-state index in [-0.39, 0.29) is 0 Å². The summed E-state index contributed by atoms with van der Waals surface area (Å²) >= 11 is 5.86. The average molecular weight is 257 g/mol. The van der Waals surface area contributed by atoms with E-state index in [1.165, 1.54) is 0 Å². The fourth-order valence-corrected chi connectivity index (χ4v) is 2.23. The third-order valence-corrected chi connectivity index (χ3v) is 3.43. The van der Waals surface area contributed by atoms with Crippen LogP contribution in [-0.4, -0.2) is 21.8 Å². The van der Waals surface area contributed by atoms with Gasteiger partial charge in [0.1, 0.15) is 5.92 Å². The maximum Gasteiger partial charge on any atom is 0.313 e. The van der Waals surface area contributed by atoms with Gasteiger partial charge in [-0.25, -0.2) is 0 Å². The van der Waals surface area contributed by atoms with E-state index in [1.54, 1.807) is 38.1 Å². The lowest BCUT2D eigenvalue weighted by atomic mass is 9.78. The van der Waals surface area contributed by atoms with E-state index in [0.29, 0.717) is 23.4 Å². The molecule has 1 aromatic rings. The van der Waals surface area contributed by atoms with Crippen LogP contribution in [-0.2, 0) is 4.79 Å². The Balaban J connectivity index is 3.23. The normalized spacial score (nSPS) is 13.4. The minimum absolute atomic E-state index is 0.382. The molecule has 0 fully saturated rings. The minimum atomic E-state index is -1.24. The Morgan fingerprint density at radius 1 is 1.41 bits per heavy atom. The van der Waals surface area contributed by atoms with Crippen molar-refractivity contribution in [3.63, 3.8) is 0 Å². The number of carbonyl (C=O) groups is 1. The van der Waals surface area contributed by atoms with E-state index in [9.17, 15) is 15.0 Å².